The molecule has 1 fully saturated rings. The second kappa shape index (κ2) is 10.1. The average Bonchev–Trinajstić information content (AvgIpc) is 2.60. The third-order valence-corrected chi connectivity index (χ3v) is 4.47. The summed E-state index contributed by atoms with van der Waals surface area (Å²) >= 11 is 0. The van der Waals surface area contributed by atoms with Crippen LogP contribution in [-0.2, 0) is 19.1 Å². The Balaban J connectivity index is 2.77. The number of aliphatic carboxylic acids is 2. The summed E-state index contributed by atoms with van der Waals surface area (Å²) < 4.78 is 5.00. The smallest absolute Gasteiger partial charge is 0.326 e. The Bertz CT molecular complexity index is 572. The van der Waals surface area contributed by atoms with Gasteiger partial charge in [-0.1, -0.05) is 13.8 Å². The van der Waals surface area contributed by atoms with E-state index in [4.69, 9.17) is 14.9 Å². The first-order valence-corrected chi connectivity index (χ1v) is 8.78. The molecule has 1 amide bonds. The first-order valence-electron chi connectivity index (χ1n) is 8.78. The first kappa shape index (κ1) is 24.2. The summed E-state index contributed by atoms with van der Waals surface area (Å²) in [5, 5.41) is 62.2. The van der Waals surface area contributed by atoms with Crippen LogP contribution in [0.3, 0.4) is 0 Å². The Labute approximate surface area is 161 Å². The SMILES string of the molecule is CC(C)[C@H](NCC1(O)OCC(O)C(O)C1O)C(=O)N[C@@H](CCC(=O)O)C(=O)O. The van der Waals surface area contributed by atoms with Gasteiger partial charge >= 0.3 is 11.9 Å². The van der Waals surface area contributed by atoms with Crippen molar-refractivity contribution < 1.29 is 49.8 Å². The highest BCUT2D eigenvalue weighted by molar-refractivity contribution is 5.87. The molecule has 1 aliphatic heterocycles. The number of hydrogen-bond donors (Lipinski definition) is 8. The van der Waals surface area contributed by atoms with Gasteiger partial charge in [0.25, 0.3) is 0 Å². The molecule has 0 aromatic rings. The molecule has 4 unspecified atom stereocenters. The maximum atomic E-state index is 12.5. The summed E-state index contributed by atoms with van der Waals surface area (Å²) in [7, 11) is 0. The molecule has 0 radical (unpaired) electrons. The zero-order chi connectivity index (χ0) is 21.6. The molecular formula is C16H28N2O10. The minimum Gasteiger partial charge on any atom is -0.481 e. The first-order chi connectivity index (χ1) is 12.9. The Morgan fingerprint density at radius 3 is 2.29 bits per heavy atom. The Hall–Kier alpha value is -1.83. The fraction of sp³-hybridized carbons (Fsp3) is 0.812. The van der Waals surface area contributed by atoms with Crippen molar-refractivity contribution in [2.45, 2.75) is 62.9 Å². The number of carbonyl (C=O) groups excluding carboxylic acids is 1. The quantitative estimate of drug-likeness (QED) is 0.181. The molecule has 0 aromatic heterocycles. The number of amides is 1. The number of nitrogens with one attached hydrogen (secondary N) is 2. The van der Waals surface area contributed by atoms with Gasteiger partial charge in [0.1, 0.15) is 24.4 Å². The van der Waals surface area contributed by atoms with Gasteiger partial charge in [-0.25, -0.2) is 4.79 Å². The molecule has 0 saturated carbocycles. The second-order valence-corrected chi connectivity index (χ2v) is 7.09. The number of rotatable bonds is 10. The lowest BCUT2D eigenvalue weighted by Crippen LogP contribution is -2.66. The molecule has 1 heterocycles. The highest BCUT2D eigenvalue weighted by Crippen LogP contribution is 2.23. The second-order valence-electron chi connectivity index (χ2n) is 7.09. The van der Waals surface area contributed by atoms with E-state index in [0.29, 0.717) is 0 Å². The highest BCUT2D eigenvalue weighted by atomic mass is 16.6. The monoisotopic (exact) mass is 408 g/mol. The summed E-state index contributed by atoms with van der Waals surface area (Å²) in [5.74, 6) is -6.00. The van der Waals surface area contributed by atoms with Crippen molar-refractivity contribution in [3.05, 3.63) is 0 Å². The van der Waals surface area contributed by atoms with Crippen molar-refractivity contribution in [2.75, 3.05) is 13.2 Å². The summed E-state index contributed by atoms with van der Waals surface area (Å²) in [6.07, 6.45) is -5.64. The molecule has 1 rings (SSSR count). The summed E-state index contributed by atoms with van der Waals surface area (Å²) in [5.41, 5.74) is 0. The van der Waals surface area contributed by atoms with Crippen molar-refractivity contribution in [2.24, 2.45) is 5.92 Å². The minimum atomic E-state index is -2.28. The summed E-state index contributed by atoms with van der Waals surface area (Å²) in [4.78, 5) is 34.3. The average molecular weight is 408 g/mol. The van der Waals surface area contributed by atoms with Crippen LogP contribution in [0.1, 0.15) is 26.7 Å². The van der Waals surface area contributed by atoms with Gasteiger partial charge in [0.15, 0.2) is 0 Å². The van der Waals surface area contributed by atoms with Gasteiger partial charge in [-0.05, 0) is 12.3 Å². The number of aliphatic hydroxyl groups is 4. The lowest BCUT2D eigenvalue weighted by Gasteiger charge is -2.42. The molecular weight excluding hydrogens is 380 g/mol. The summed E-state index contributed by atoms with van der Waals surface area (Å²) in [6.45, 7) is 2.35. The predicted molar refractivity (Wildman–Crippen MR) is 92.0 cm³/mol. The number of aliphatic hydroxyl groups excluding tert-OH is 3. The molecule has 0 spiro atoms. The van der Waals surface area contributed by atoms with Crippen LogP contribution < -0.4 is 10.6 Å². The summed E-state index contributed by atoms with van der Waals surface area (Å²) in [6, 6.07) is -2.43. The molecule has 6 atom stereocenters. The fourth-order valence-electron chi connectivity index (χ4n) is 2.72. The van der Waals surface area contributed by atoms with Crippen molar-refractivity contribution >= 4 is 17.8 Å². The Kier molecular flexibility index (Phi) is 8.73. The van der Waals surface area contributed by atoms with Gasteiger partial charge in [0.2, 0.25) is 11.7 Å². The van der Waals surface area contributed by atoms with Gasteiger partial charge < -0.3 is 46.0 Å². The molecule has 162 valence electrons. The number of hydrogen-bond acceptors (Lipinski definition) is 9. The molecule has 8 N–H and O–H groups in total. The van der Waals surface area contributed by atoms with Crippen LogP contribution in [-0.4, -0.2) is 97.8 Å². The van der Waals surface area contributed by atoms with E-state index in [9.17, 15) is 34.8 Å². The van der Waals surface area contributed by atoms with Crippen LogP contribution in [0.25, 0.3) is 0 Å². The molecule has 1 saturated heterocycles. The van der Waals surface area contributed by atoms with Crippen molar-refractivity contribution in [1.82, 2.24) is 10.6 Å². The van der Waals surface area contributed by atoms with E-state index in [1.807, 2.05) is 0 Å². The third-order valence-electron chi connectivity index (χ3n) is 4.47. The fourth-order valence-corrected chi connectivity index (χ4v) is 2.72. The van der Waals surface area contributed by atoms with Crippen LogP contribution in [0.5, 0.6) is 0 Å². The molecule has 0 aliphatic carbocycles. The molecule has 0 bridgehead atoms. The van der Waals surface area contributed by atoms with E-state index in [1.165, 1.54) is 0 Å². The number of carboxylic acid groups (broad SMARTS) is 2. The molecule has 12 nitrogen and oxygen atoms in total. The van der Waals surface area contributed by atoms with Crippen LogP contribution >= 0.6 is 0 Å². The van der Waals surface area contributed by atoms with Gasteiger partial charge in [0, 0.05) is 6.42 Å². The molecule has 1 aliphatic rings. The zero-order valence-corrected chi connectivity index (χ0v) is 15.6. The molecule has 28 heavy (non-hydrogen) atoms. The van der Waals surface area contributed by atoms with Crippen molar-refractivity contribution in [1.29, 1.82) is 0 Å². The molecule has 0 aromatic carbocycles. The zero-order valence-electron chi connectivity index (χ0n) is 15.6. The van der Waals surface area contributed by atoms with E-state index in [0.717, 1.165) is 0 Å². The lowest BCUT2D eigenvalue weighted by atomic mass is 9.95. The number of carboxylic acids is 2. The Morgan fingerprint density at radius 2 is 1.79 bits per heavy atom. The largest absolute Gasteiger partial charge is 0.481 e. The number of ether oxygens (including phenoxy) is 1. The van der Waals surface area contributed by atoms with Crippen LogP contribution in [0, 0.1) is 5.92 Å². The maximum Gasteiger partial charge on any atom is 0.326 e. The van der Waals surface area contributed by atoms with Crippen LogP contribution in [0.15, 0.2) is 0 Å². The Morgan fingerprint density at radius 1 is 1.18 bits per heavy atom. The van der Waals surface area contributed by atoms with Gasteiger partial charge in [-0.3, -0.25) is 9.59 Å². The lowest BCUT2D eigenvalue weighted by molar-refractivity contribution is -0.318. The van der Waals surface area contributed by atoms with E-state index in [2.05, 4.69) is 10.6 Å². The predicted octanol–water partition coefficient (Wildman–Crippen LogP) is -3.16. The van der Waals surface area contributed by atoms with Gasteiger partial charge in [-0.15, -0.1) is 0 Å². The topological polar surface area (TPSA) is 206 Å². The normalized spacial score (nSPS) is 29.9. The standard InChI is InChI=1S/C16H28N2O10/c1-7(2)11(14(24)18-8(15(25)26)3-4-10(20)21)17-6-16(27)13(23)12(22)9(19)5-28-16/h7-9,11-13,17,19,22-23,27H,3-6H2,1-2H3,(H,18,24)(H,20,21)(H,25,26)/t8-,9?,11-,12?,13?,16?/m0/s1. The number of carbonyl (C=O) groups is 3. The third kappa shape index (κ3) is 6.36. The van der Waals surface area contributed by atoms with Crippen LogP contribution in [0.2, 0.25) is 0 Å². The van der Waals surface area contributed by atoms with E-state index >= 15 is 0 Å². The van der Waals surface area contributed by atoms with E-state index in [-0.39, 0.29) is 12.3 Å². The maximum absolute atomic E-state index is 12.5. The van der Waals surface area contributed by atoms with E-state index in [1.54, 1.807) is 13.8 Å². The van der Waals surface area contributed by atoms with Crippen molar-refractivity contribution in [3.8, 4) is 0 Å². The molecule has 12 heteroatoms. The minimum absolute atomic E-state index is 0.308. The van der Waals surface area contributed by atoms with Crippen molar-refractivity contribution in [3.63, 3.8) is 0 Å². The van der Waals surface area contributed by atoms with E-state index < -0.39 is 73.6 Å². The highest BCUT2D eigenvalue weighted by Gasteiger charge is 2.48. The van der Waals surface area contributed by atoms with Gasteiger partial charge in [0.05, 0.1) is 19.2 Å². The van der Waals surface area contributed by atoms with Gasteiger partial charge in [-0.2, -0.15) is 0 Å². The van der Waals surface area contributed by atoms with Crippen LogP contribution in [0.4, 0.5) is 0 Å².